The van der Waals surface area contributed by atoms with Crippen LogP contribution in [0.15, 0.2) is 42.7 Å². The number of hydrogen-bond acceptors (Lipinski definition) is 3. The predicted molar refractivity (Wildman–Crippen MR) is 84.4 cm³/mol. The van der Waals surface area contributed by atoms with Crippen molar-refractivity contribution in [2.45, 2.75) is 6.54 Å². The lowest BCUT2D eigenvalue weighted by atomic mass is 10.2. The maximum absolute atomic E-state index is 11.7. The third kappa shape index (κ3) is 5.31. The molecule has 114 valence electrons. The van der Waals surface area contributed by atoms with E-state index < -0.39 is 0 Å². The molecule has 0 aliphatic carbocycles. The van der Waals surface area contributed by atoms with Gasteiger partial charge in [0.05, 0.1) is 31.6 Å². The van der Waals surface area contributed by atoms with Crippen LogP contribution in [0.5, 0.6) is 0 Å². The van der Waals surface area contributed by atoms with Crippen molar-refractivity contribution in [1.82, 2.24) is 15.1 Å². The number of hydrogen-bond donors (Lipinski definition) is 2. The lowest BCUT2D eigenvalue weighted by Crippen LogP contribution is -2.28. The van der Waals surface area contributed by atoms with Crippen molar-refractivity contribution < 1.29 is 9.53 Å². The highest BCUT2D eigenvalue weighted by atomic mass is 16.5. The van der Waals surface area contributed by atoms with E-state index in [9.17, 15) is 4.79 Å². The van der Waals surface area contributed by atoms with Crippen LogP contribution in [0.2, 0.25) is 0 Å². The molecule has 0 atom stereocenters. The van der Waals surface area contributed by atoms with Gasteiger partial charge in [-0.25, -0.2) is 4.79 Å². The minimum Gasteiger partial charge on any atom is -0.383 e. The topological polar surface area (TPSA) is 68.2 Å². The summed E-state index contributed by atoms with van der Waals surface area (Å²) in [4.78, 5) is 11.7. The largest absolute Gasteiger partial charge is 0.383 e. The Labute approximate surface area is 129 Å². The average molecular weight is 298 g/mol. The van der Waals surface area contributed by atoms with Crippen molar-refractivity contribution in [2.75, 3.05) is 25.6 Å². The molecule has 1 aromatic heterocycles. The molecule has 0 aliphatic rings. The maximum Gasteiger partial charge on any atom is 0.320 e. The first-order valence-electron chi connectivity index (χ1n) is 6.88. The normalized spacial score (nSPS) is 9.68. The lowest BCUT2D eigenvalue weighted by molar-refractivity contribution is 0.183. The van der Waals surface area contributed by atoms with E-state index in [-0.39, 0.29) is 12.6 Å². The molecule has 6 nitrogen and oxygen atoms in total. The Kier molecular flexibility index (Phi) is 6.03. The third-order valence-electron chi connectivity index (χ3n) is 2.76. The first kappa shape index (κ1) is 15.6. The van der Waals surface area contributed by atoms with Crippen LogP contribution in [0.4, 0.5) is 10.5 Å². The van der Waals surface area contributed by atoms with Crippen molar-refractivity contribution in [3.8, 4) is 11.8 Å². The summed E-state index contributed by atoms with van der Waals surface area (Å²) in [6.45, 7) is 1.49. The fourth-order valence-electron chi connectivity index (χ4n) is 1.70. The van der Waals surface area contributed by atoms with Gasteiger partial charge in [-0.05, 0) is 12.1 Å². The number of urea groups is 1. The number of nitrogens with one attached hydrogen (secondary N) is 2. The molecule has 0 unspecified atom stereocenters. The van der Waals surface area contributed by atoms with Crippen LogP contribution in [-0.4, -0.2) is 36.1 Å². The van der Waals surface area contributed by atoms with Crippen LogP contribution in [0.25, 0.3) is 0 Å². The van der Waals surface area contributed by atoms with Gasteiger partial charge in [0.25, 0.3) is 0 Å². The number of rotatable bonds is 5. The number of methoxy groups -OCH3 is 1. The number of anilines is 1. The van der Waals surface area contributed by atoms with Crippen molar-refractivity contribution in [3.63, 3.8) is 0 Å². The molecule has 0 radical (unpaired) electrons. The molecule has 2 amide bonds. The molecular formula is C16H18N4O2. The Bertz CT molecular complexity index is 656. The van der Waals surface area contributed by atoms with Gasteiger partial charge in [0.15, 0.2) is 0 Å². The third-order valence-corrected chi connectivity index (χ3v) is 2.76. The number of aromatic nitrogens is 2. The second-order valence-electron chi connectivity index (χ2n) is 4.46. The zero-order valence-electron chi connectivity index (χ0n) is 12.4. The standard InChI is InChI=1S/C16H18N4O2/c1-22-11-10-20-13-15(12-18-20)19-16(21)17-9-5-8-14-6-3-2-4-7-14/h2-4,6-7,12-13H,9-11H2,1H3,(H2,17,19,21). The van der Waals surface area contributed by atoms with Crippen LogP contribution >= 0.6 is 0 Å². The van der Waals surface area contributed by atoms with Gasteiger partial charge >= 0.3 is 6.03 Å². The fourth-order valence-corrected chi connectivity index (χ4v) is 1.70. The van der Waals surface area contributed by atoms with Gasteiger partial charge in [0.2, 0.25) is 0 Å². The Balaban J connectivity index is 1.74. The maximum atomic E-state index is 11.7. The Morgan fingerprint density at radius 2 is 2.18 bits per heavy atom. The molecule has 0 saturated carbocycles. The van der Waals surface area contributed by atoms with Gasteiger partial charge in [0, 0.05) is 18.9 Å². The van der Waals surface area contributed by atoms with Gasteiger partial charge in [-0.15, -0.1) is 0 Å². The molecule has 6 heteroatoms. The van der Waals surface area contributed by atoms with Crippen molar-refractivity contribution in [1.29, 1.82) is 0 Å². The number of carbonyl (C=O) groups is 1. The molecule has 2 aromatic rings. The molecule has 0 saturated heterocycles. The van der Waals surface area contributed by atoms with Gasteiger partial charge < -0.3 is 15.4 Å². The van der Waals surface area contributed by atoms with Crippen LogP contribution in [-0.2, 0) is 11.3 Å². The molecule has 0 bridgehead atoms. The first-order chi connectivity index (χ1) is 10.8. The van der Waals surface area contributed by atoms with E-state index in [1.54, 1.807) is 24.2 Å². The van der Waals surface area contributed by atoms with E-state index in [2.05, 4.69) is 27.6 Å². The minimum absolute atomic E-state index is 0.276. The molecule has 2 N–H and O–H groups in total. The Morgan fingerprint density at radius 3 is 2.95 bits per heavy atom. The number of ether oxygens (including phenoxy) is 1. The summed E-state index contributed by atoms with van der Waals surface area (Å²) in [6, 6.07) is 9.30. The fraction of sp³-hybridized carbons (Fsp3) is 0.250. The van der Waals surface area contributed by atoms with E-state index in [0.29, 0.717) is 18.8 Å². The SMILES string of the molecule is COCCn1cc(NC(=O)NCC#Cc2ccccc2)cn1. The summed E-state index contributed by atoms with van der Waals surface area (Å²) >= 11 is 0. The summed E-state index contributed by atoms with van der Waals surface area (Å²) in [5.41, 5.74) is 1.55. The van der Waals surface area contributed by atoms with Gasteiger partial charge in [-0.3, -0.25) is 4.68 Å². The van der Waals surface area contributed by atoms with Crippen LogP contribution < -0.4 is 10.6 Å². The Morgan fingerprint density at radius 1 is 1.36 bits per heavy atom. The zero-order valence-corrected chi connectivity index (χ0v) is 12.4. The van der Waals surface area contributed by atoms with Crippen LogP contribution in [0.1, 0.15) is 5.56 Å². The smallest absolute Gasteiger partial charge is 0.320 e. The average Bonchev–Trinajstić information content (AvgIpc) is 2.98. The van der Waals surface area contributed by atoms with Crippen LogP contribution in [0, 0.1) is 11.8 Å². The monoisotopic (exact) mass is 298 g/mol. The number of carbonyl (C=O) groups excluding carboxylic acids is 1. The van der Waals surface area contributed by atoms with Gasteiger partial charge in [-0.2, -0.15) is 5.10 Å². The molecule has 22 heavy (non-hydrogen) atoms. The first-order valence-corrected chi connectivity index (χ1v) is 6.88. The second kappa shape index (κ2) is 8.49. The van der Waals surface area contributed by atoms with Crippen molar-refractivity contribution in [3.05, 3.63) is 48.3 Å². The highest BCUT2D eigenvalue weighted by Gasteiger charge is 2.02. The highest BCUT2D eigenvalue weighted by Crippen LogP contribution is 2.04. The summed E-state index contributed by atoms with van der Waals surface area (Å²) in [5.74, 6) is 5.86. The summed E-state index contributed by atoms with van der Waals surface area (Å²) in [6.07, 6.45) is 3.33. The molecule has 0 spiro atoms. The number of benzene rings is 1. The molecular weight excluding hydrogens is 280 g/mol. The molecule has 1 heterocycles. The quantitative estimate of drug-likeness (QED) is 0.826. The summed E-state index contributed by atoms with van der Waals surface area (Å²) in [5, 5.41) is 9.47. The summed E-state index contributed by atoms with van der Waals surface area (Å²) in [7, 11) is 1.63. The molecule has 2 rings (SSSR count). The number of amides is 2. The van der Waals surface area contributed by atoms with Crippen molar-refractivity contribution >= 4 is 11.7 Å². The molecule has 1 aromatic carbocycles. The van der Waals surface area contributed by atoms with E-state index in [1.165, 1.54) is 0 Å². The van der Waals surface area contributed by atoms with E-state index in [1.807, 2.05) is 30.3 Å². The van der Waals surface area contributed by atoms with E-state index in [0.717, 1.165) is 5.56 Å². The predicted octanol–water partition coefficient (Wildman–Crippen LogP) is 1.70. The zero-order chi connectivity index (χ0) is 15.6. The van der Waals surface area contributed by atoms with Gasteiger partial charge in [-0.1, -0.05) is 30.0 Å². The highest BCUT2D eigenvalue weighted by molar-refractivity contribution is 5.89. The van der Waals surface area contributed by atoms with Crippen LogP contribution in [0.3, 0.4) is 0 Å². The van der Waals surface area contributed by atoms with Gasteiger partial charge in [0.1, 0.15) is 0 Å². The minimum atomic E-state index is -0.311. The second-order valence-corrected chi connectivity index (χ2v) is 4.46. The summed E-state index contributed by atoms with van der Waals surface area (Å²) < 4.78 is 6.67. The molecule has 0 aliphatic heterocycles. The van der Waals surface area contributed by atoms with Crippen molar-refractivity contribution in [2.24, 2.45) is 0 Å². The lowest BCUT2D eigenvalue weighted by Gasteiger charge is -2.02. The number of nitrogens with zero attached hydrogens (tertiary/aromatic N) is 2. The molecule has 0 fully saturated rings. The Hall–Kier alpha value is -2.78. The van der Waals surface area contributed by atoms with E-state index in [4.69, 9.17) is 4.74 Å². The van der Waals surface area contributed by atoms with E-state index >= 15 is 0 Å².